The predicted octanol–water partition coefficient (Wildman–Crippen LogP) is 4.32. The molecule has 0 spiro atoms. The van der Waals surface area contributed by atoms with Gasteiger partial charge in [0.2, 0.25) is 0 Å². The maximum Gasteiger partial charge on any atom is 0.286 e. The van der Waals surface area contributed by atoms with Crippen molar-refractivity contribution in [3.63, 3.8) is 0 Å². The summed E-state index contributed by atoms with van der Waals surface area (Å²) >= 11 is 0. The maximum absolute atomic E-state index is 12.0. The van der Waals surface area contributed by atoms with Crippen molar-refractivity contribution in [3.05, 3.63) is 58.9 Å². The van der Waals surface area contributed by atoms with E-state index in [0.29, 0.717) is 23.8 Å². The molecule has 1 amide bonds. The summed E-state index contributed by atoms with van der Waals surface area (Å²) in [5.74, 6) is 2.38. The summed E-state index contributed by atoms with van der Waals surface area (Å²) in [7, 11) is 0. The van der Waals surface area contributed by atoms with Gasteiger partial charge in [0.15, 0.2) is 11.5 Å². The van der Waals surface area contributed by atoms with Crippen LogP contribution in [0.5, 0.6) is 5.75 Å². The van der Waals surface area contributed by atoms with Gasteiger partial charge < -0.3 is 14.5 Å². The van der Waals surface area contributed by atoms with Crippen LogP contribution in [0.1, 0.15) is 62.1 Å². The van der Waals surface area contributed by atoms with Gasteiger partial charge in [-0.1, -0.05) is 57.4 Å². The zero-order valence-corrected chi connectivity index (χ0v) is 20.3. The number of carbonyl (C=O) groups excluding carboxylic acids is 2. The Labute approximate surface area is 192 Å². The standard InChI is InChI=1S/C22H28NO4.Y/c1-7-23-21(25)19-11-10-18(27-19)15(3)16-8-9-17(14(2)12-16)26-13-20(24)22(4,5)6;/h8-12H,7,13H2,1-6H3,(H,23,25);/q-1;. The maximum atomic E-state index is 12.0. The van der Waals surface area contributed by atoms with E-state index in [0.717, 1.165) is 17.0 Å². The Morgan fingerprint density at radius 2 is 1.86 bits per heavy atom. The van der Waals surface area contributed by atoms with Crippen LogP contribution in [-0.4, -0.2) is 24.8 Å². The molecule has 5 nitrogen and oxygen atoms in total. The summed E-state index contributed by atoms with van der Waals surface area (Å²) in [5, 5.41) is 2.72. The average molecular weight is 459 g/mol. The van der Waals surface area contributed by atoms with Crippen LogP contribution in [0.15, 0.2) is 34.7 Å². The number of ether oxygens (including phenoxy) is 1. The molecule has 0 unspecified atom stereocenters. The zero-order chi connectivity index (χ0) is 20.2. The summed E-state index contributed by atoms with van der Waals surface area (Å²) in [4.78, 5) is 23.9. The summed E-state index contributed by atoms with van der Waals surface area (Å²) < 4.78 is 11.4. The zero-order valence-electron chi connectivity index (χ0n) is 17.5. The monoisotopic (exact) mass is 459 g/mol. The summed E-state index contributed by atoms with van der Waals surface area (Å²) in [6, 6.07) is 9.24. The summed E-state index contributed by atoms with van der Waals surface area (Å²) in [6.07, 6.45) is 0. The van der Waals surface area contributed by atoms with Crippen molar-refractivity contribution in [2.45, 2.75) is 41.5 Å². The number of Topliss-reactive ketones (excluding diaryl/α,β-unsaturated/α-hetero) is 1. The molecule has 28 heavy (non-hydrogen) atoms. The first-order valence-corrected chi connectivity index (χ1v) is 9.12. The van der Waals surface area contributed by atoms with Crippen molar-refractivity contribution in [1.29, 1.82) is 0 Å². The molecule has 2 aromatic rings. The molecule has 149 valence electrons. The van der Waals surface area contributed by atoms with E-state index in [-0.39, 0.29) is 51.0 Å². The summed E-state index contributed by atoms with van der Waals surface area (Å²) in [6.45, 7) is 12.0. The van der Waals surface area contributed by atoms with Crippen molar-refractivity contribution >= 4 is 11.7 Å². The number of hydrogen-bond acceptors (Lipinski definition) is 4. The first-order valence-electron chi connectivity index (χ1n) is 9.12. The van der Waals surface area contributed by atoms with Gasteiger partial charge in [-0.15, -0.1) is 17.7 Å². The van der Waals surface area contributed by atoms with Gasteiger partial charge >= 0.3 is 0 Å². The molecular weight excluding hydrogens is 431 g/mol. The fourth-order valence-corrected chi connectivity index (χ4v) is 2.46. The second-order valence-electron chi connectivity index (χ2n) is 7.59. The minimum Gasteiger partial charge on any atom is -0.487 e. The Morgan fingerprint density at radius 1 is 1.18 bits per heavy atom. The Morgan fingerprint density at radius 3 is 2.43 bits per heavy atom. The molecule has 1 aromatic carbocycles. The number of rotatable bonds is 7. The van der Waals surface area contributed by atoms with Crippen molar-refractivity contribution in [2.75, 3.05) is 13.2 Å². The van der Waals surface area contributed by atoms with E-state index in [1.807, 2.05) is 59.7 Å². The summed E-state index contributed by atoms with van der Waals surface area (Å²) in [5.41, 5.74) is 1.49. The normalized spacial score (nSPS) is 10.8. The van der Waals surface area contributed by atoms with E-state index in [1.54, 1.807) is 12.1 Å². The molecule has 1 aromatic heterocycles. The van der Waals surface area contributed by atoms with Gasteiger partial charge in [0.05, 0.1) is 5.76 Å². The molecule has 0 aliphatic carbocycles. The molecular formula is C22H28NO4Y-. The van der Waals surface area contributed by atoms with Gasteiger partial charge in [-0.25, -0.2) is 0 Å². The van der Waals surface area contributed by atoms with E-state index < -0.39 is 5.41 Å². The van der Waals surface area contributed by atoms with Crippen LogP contribution >= 0.6 is 0 Å². The van der Waals surface area contributed by atoms with Crippen LogP contribution in [0.2, 0.25) is 0 Å². The van der Waals surface area contributed by atoms with Crippen LogP contribution in [0.25, 0.3) is 0 Å². The quantitative estimate of drug-likeness (QED) is 0.627. The Bertz CT molecular complexity index is 820. The van der Waals surface area contributed by atoms with Crippen molar-refractivity contribution < 1.29 is 51.5 Å². The van der Waals surface area contributed by atoms with Gasteiger partial charge in [-0.3, -0.25) is 9.59 Å². The predicted molar refractivity (Wildman–Crippen MR) is 105 cm³/mol. The number of amides is 1. The van der Waals surface area contributed by atoms with Crippen LogP contribution in [-0.2, 0) is 37.5 Å². The minimum atomic E-state index is -0.417. The third-order valence-electron chi connectivity index (χ3n) is 4.34. The Hall–Kier alpha value is -1.59. The van der Waals surface area contributed by atoms with Crippen LogP contribution in [0, 0.1) is 18.3 Å². The molecule has 1 N–H and O–H groups in total. The third kappa shape index (κ3) is 6.21. The second kappa shape index (κ2) is 10.3. The van der Waals surface area contributed by atoms with Gasteiger partial charge in [-0.05, 0) is 13.8 Å². The number of carbonyl (C=O) groups is 2. The van der Waals surface area contributed by atoms with E-state index in [9.17, 15) is 9.59 Å². The molecule has 0 saturated heterocycles. The fraction of sp³-hybridized carbons (Fsp3) is 0.409. The Kier molecular flexibility index (Phi) is 8.96. The SMILES string of the molecule is CCNC(=O)c1ccc([C-](C)c2ccc(OCC(=O)C(C)(C)C)c(C)c2)o1.[Y]. The molecule has 0 saturated carbocycles. The molecule has 0 atom stereocenters. The van der Waals surface area contributed by atoms with Crippen LogP contribution in [0.4, 0.5) is 0 Å². The molecule has 2 rings (SSSR count). The van der Waals surface area contributed by atoms with E-state index in [1.165, 1.54) is 0 Å². The van der Waals surface area contributed by atoms with Crippen LogP contribution < -0.4 is 10.1 Å². The smallest absolute Gasteiger partial charge is 0.286 e. The average Bonchev–Trinajstić information content (AvgIpc) is 3.09. The van der Waals surface area contributed by atoms with Crippen molar-refractivity contribution in [2.24, 2.45) is 5.41 Å². The number of furan rings is 1. The van der Waals surface area contributed by atoms with Gasteiger partial charge in [-0.2, -0.15) is 0 Å². The van der Waals surface area contributed by atoms with Crippen LogP contribution in [0.3, 0.4) is 0 Å². The Balaban J connectivity index is 0.00000392. The van der Waals surface area contributed by atoms with E-state index in [2.05, 4.69) is 5.32 Å². The largest absolute Gasteiger partial charge is 0.487 e. The molecule has 0 aliphatic rings. The third-order valence-corrected chi connectivity index (χ3v) is 4.34. The molecule has 0 aliphatic heterocycles. The number of benzene rings is 1. The molecule has 1 radical (unpaired) electrons. The molecule has 0 fully saturated rings. The van der Waals surface area contributed by atoms with E-state index >= 15 is 0 Å². The molecule has 0 bridgehead atoms. The van der Waals surface area contributed by atoms with Gasteiger partial charge in [0.1, 0.15) is 12.4 Å². The number of aryl methyl sites for hydroxylation is 1. The van der Waals surface area contributed by atoms with Gasteiger partial charge in [0, 0.05) is 44.7 Å². The molecule has 1 heterocycles. The topological polar surface area (TPSA) is 68.5 Å². The number of nitrogens with one attached hydrogen (secondary N) is 1. The number of hydrogen-bond donors (Lipinski definition) is 1. The molecule has 6 heteroatoms. The van der Waals surface area contributed by atoms with Crippen molar-refractivity contribution in [1.82, 2.24) is 5.32 Å². The van der Waals surface area contributed by atoms with Gasteiger partial charge in [0.25, 0.3) is 5.91 Å². The first-order chi connectivity index (χ1) is 12.6. The minimum absolute atomic E-state index is 0. The first kappa shape index (κ1) is 24.5. The number of ketones is 1. The fourth-order valence-electron chi connectivity index (χ4n) is 2.46. The van der Waals surface area contributed by atoms with E-state index in [4.69, 9.17) is 9.15 Å². The second-order valence-corrected chi connectivity index (χ2v) is 7.59. The van der Waals surface area contributed by atoms with Crippen molar-refractivity contribution in [3.8, 4) is 5.75 Å².